The van der Waals surface area contributed by atoms with E-state index in [0.717, 1.165) is 30.8 Å². The van der Waals surface area contributed by atoms with Gasteiger partial charge in [0.1, 0.15) is 0 Å². The van der Waals surface area contributed by atoms with Crippen molar-refractivity contribution < 1.29 is 9.59 Å². The lowest BCUT2D eigenvalue weighted by atomic mass is 9.96. The maximum atomic E-state index is 12.8. The highest BCUT2D eigenvalue weighted by atomic mass is 35.5. The van der Waals surface area contributed by atoms with Crippen LogP contribution in [0.3, 0.4) is 0 Å². The van der Waals surface area contributed by atoms with Gasteiger partial charge in [-0.15, -0.1) is 10.2 Å². The molecule has 142 valence electrons. The Morgan fingerprint density at radius 2 is 2.04 bits per heavy atom. The second-order valence-corrected chi connectivity index (χ2v) is 6.93. The van der Waals surface area contributed by atoms with Crippen LogP contribution in [0, 0.1) is 12.8 Å². The van der Waals surface area contributed by atoms with Crippen LogP contribution in [0.1, 0.15) is 28.8 Å². The molecule has 2 heterocycles. The van der Waals surface area contributed by atoms with Gasteiger partial charge in [-0.3, -0.25) is 9.59 Å². The van der Waals surface area contributed by atoms with Gasteiger partial charge in [0.15, 0.2) is 11.0 Å². The molecule has 27 heavy (non-hydrogen) atoms. The van der Waals surface area contributed by atoms with Crippen molar-refractivity contribution in [3.63, 3.8) is 0 Å². The first-order chi connectivity index (χ1) is 13.0. The molecule has 0 spiro atoms. The number of hydrogen-bond acceptors (Lipinski definition) is 5. The number of hydrogen-bond donors (Lipinski definition) is 2. The summed E-state index contributed by atoms with van der Waals surface area (Å²) in [6.45, 7) is 3.22. The summed E-state index contributed by atoms with van der Waals surface area (Å²) in [5.41, 5.74) is 1.96. The van der Waals surface area contributed by atoms with E-state index >= 15 is 0 Å². The van der Waals surface area contributed by atoms with E-state index in [4.69, 9.17) is 11.6 Å². The molecule has 1 fully saturated rings. The molecule has 0 saturated carbocycles. The Hall–Kier alpha value is -2.67. The molecule has 2 amide bonds. The van der Waals surface area contributed by atoms with Gasteiger partial charge >= 0.3 is 0 Å². The van der Waals surface area contributed by atoms with Gasteiger partial charge in [0.25, 0.3) is 5.91 Å². The quantitative estimate of drug-likeness (QED) is 0.842. The van der Waals surface area contributed by atoms with Crippen LogP contribution < -0.4 is 15.5 Å². The molecule has 8 heteroatoms. The monoisotopic (exact) mass is 387 g/mol. The van der Waals surface area contributed by atoms with Gasteiger partial charge in [0.2, 0.25) is 5.91 Å². The summed E-state index contributed by atoms with van der Waals surface area (Å²) in [6.07, 6.45) is 1.69. The van der Waals surface area contributed by atoms with Gasteiger partial charge in [-0.25, -0.2) is 0 Å². The fourth-order valence-electron chi connectivity index (χ4n) is 3.26. The van der Waals surface area contributed by atoms with E-state index in [1.807, 2.05) is 24.0 Å². The van der Waals surface area contributed by atoms with Crippen LogP contribution in [0.15, 0.2) is 30.3 Å². The smallest absolute Gasteiger partial charge is 0.251 e. The van der Waals surface area contributed by atoms with Crippen LogP contribution >= 0.6 is 11.6 Å². The van der Waals surface area contributed by atoms with E-state index in [2.05, 4.69) is 20.8 Å². The number of halogens is 1. The number of aromatic nitrogens is 2. The number of benzene rings is 1. The van der Waals surface area contributed by atoms with Crippen molar-refractivity contribution >= 4 is 34.9 Å². The predicted molar refractivity (Wildman–Crippen MR) is 105 cm³/mol. The maximum absolute atomic E-state index is 12.8. The standard InChI is InChI=1S/C19H22ClN5O2/c1-12-14(19(27)21-2)6-3-7-15(12)22-18(26)13-5-4-10-25(11-13)17-9-8-16(20)23-24-17/h3,6-9,13H,4-5,10-11H2,1-2H3,(H,21,27)(H,22,26)/t13-/m0/s1. The maximum Gasteiger partial charge on any atom is 0.251 e. The van der Waals surface area contributed by atoms with Crippen molar-refractivity contribution in [3.8, 4) is 0 Å². The average Bonchev–Trinajstić information content (AvgIpc) is 2.69. The van der Waals surface area contributed by atoms with Crippen LogP contribution in [0.2, 0.25) is 5.15 Å². The number of carbonyl (C=O) groups is 2. The highest BCUT2D eigenvalue weighted by Crippen LogP contribution is 2.25. The minimum absolute atomic E-state index is 0.0567. The van der Waals surface area contributed by atoms with Gasteiger partial charge in [-0.1, -0.05) is 17.7 Å². The van der Waals surface area contributed by atoms with Crippen molar-refractivity contribution in [1.29, 1.82) is 0 Å². The molecule has 0 unspecified atom stereocenters. The van der Waals surface area contributed by atoms with E-state index in [1.165, 1.54) is 0 Å². The second kappa shape index (κ2) is 8.35. The van der Waals surface area contributed by atoms with E-state index in [0.29, 0.717) is 22.9 Å². The Bertz CT molecular complexity index is 840. The van der Waals surface area contributed by atoms with Crippen LogP contribution in [0.5, 0.6) is 0 Å². The molecule has 7 nitrogen and oxygen atoms in total. The van der Waals surface area contributed by atoms with Crippen LogP contribution in [0.25, 0.3) is 0 Å². The topological polar surface area (TPSA) is 87.2 Å². The normalized spacial score (nSPS) is 16.7. The lowest BCUT2D eigenvalue weighted by Crippen LogP contribution is -2.41. The number of piperidine rings is 1. The minimum Gasteiger partial charge on any atom is -0.355 e. The van der Waals surface area contributed by atoms with Gasteiger partial charge in [-0.05, 0) is 49.6 Å². The number of rotatable bonds is 4. The largest absolute Gasteiger partial charge is 0.355 e. The number of amides is 2. The average molecular weight is 388 g/mol. The Labute approximate surface area is 163 Å². The van der Waals surface area contributed by atoms with Gasteiger partial charge in [0, 0.05) is 31.4 Å². The SMILES string of the molecule is CNC(=O)c1cccc(NC(=O)[C@H]2CCCN(c3ccc(Cl)nn3)C2)c1C. The van der Waals surface area contributed by atoms with Crippen molar-refractivity contribution in [2.45, 2.75) is 19.8 Å². The molecule has 1 atom stereocenters. The third kappa shape index (κ3) is 4.36. The highest BCUT2D eigenvalue weighted by Gasteiger charge is 2.27. The van der Waals surface area contributed by atoms with E-state index < -0.39 is 0 Å². The van der Waals surface area contributed by atoms with E-state index in [-0.39, 0.29) is 17.7 Å². The Kier molecular flexibility index (Phi) is 5.91. The van der Waals surface area contributed by atoms with Crippen molar-refractivity contribution in [1.82, 2.24) is 15.5 Å². The molecular formula is C19H22ClN5O2. The molecule has 1 aliphatic rings. The summed E-state index contributed by atoms with van der Waals surface area (Å²) < 4.78 is 0. The third-order valence-electron chi connectivity index (χ3n) is 4.80. The first-order valence-corrected chi connectivity index (χ1v) is 9.24. The fourth-order valence-corrected chi connectivity index (χ4v) is 3.36. The number of nitrogens with one attached hydrogen (secondary N) is 2. The molecule has 1 aromatic carbocycles. The van der Waals surface area contributed by atoms with Crippen LogP contribution in [-0.4, -0.2) is 42.1 Å². The number of anilines is 2. The van der Waals surface area contributed by atoms with Crippen molar-refractivity contribution in [2.75, 3.05) is 30.4 Å². The first kappa shape index (κ1) is 19.1. The molecule has 3 rings (SSSR count). The van der Waals surface area contributed by atoms with E-state index in [1.54, 1.807) is 25.2 Å². The van der Waals surface area contributed by atoms with Crippen LogP contribution in [0.4, 0.5) is 11.5 Å². The fraction of sp³-hybridized carbons (Fsp3) is 0.368. The summed E-state index contributed by atoms with van der Waals surface area (Å²) in [6, 6.07) is 8.83. The van der Waals surface area contributed by atoms with Gasteiger partial charge in [0.05, 0.1) is 5.92 Å². The lowest BCUT2D eigenvalue weighted by molar-refractivity contribution is -0.120. The zero-order valence-corrected chi connectivity index (χ0v) is 16.1. The molecule has 1 saturated heterocycles. The summed E-state index contributed by atoms with van der Waals surface area (Å²) in [7, 11) is 1.59. The van der Waals surface area contributed by atoms with Crippen molar-refractivity contribution in [3.05, 3.63) is 46.6 Å². The molecule has 1 aromatic heterocycles. The number of nitrogens with zero attached hydrogens (tertiary/aromatic N) is 3. The highest BCUT2D eigenvalue weighted by molar-refractivity contribution is 6.29. The Balaban J connectivity index is 1.71. The predicted octanol–water partition coefficient (Wildman–Crippen LogP) is 2.65. The zero-order valence-electron chi connectivity index (χ0n) is 15.3. The number of carbonyl (C=O) groups excluding carboxylic acids is 2. The molecule has 0 radical (unpaired) electrons. The summed E-state index contributed by atoms with van der Waals surface area (Å²) >= 11 is 5.80. The van der Waals surface area contributed by atoms with Gasteiger partial charge < -0.3 is 15.5 Å². The molecule has 2 aromatic rings. The van der Waals surface area contributed by atoms with Crippen LogP contribution in [-0.2, 0) is 4.79 Å². The molecule has 0 bridgehead atoms. The zero-order chi connectivity index (χ0) is 19.4. The van der Waals surface area contributed by atoms with E-state index in [9.17, 15) is 9.59 Å². The Morgan fingerprint density at radius 1 is 1.22 bits per heavy atom. The molecule has 0 aliphatic carbocycles. The van der Waals surface area contributed by atoms with Gasteiger partial charge in [-0.2, -0.15) is 0 Å². The molecular weight excluding hydrogens is 366 g/mol. The molecule has 1 aliphatic heterocycles. The molecule has 2 N–H and O–H groups in total. The summed E-state index contributed by atoms with van der Waals surface area (Å²) in [4.78, 5) is 26.8. The Morgan fingerprint density at radius 3 is 2.74 bits per heavy atom. The summed E-state index contributed by atoms with van der Waals surface area (Å²) in [5, 5.41) is 13.9. The third-order valence-corrected chi connectivity index (χ3v) is 5.00. The summed E-state index contributed by atoms with van der Waals surface area (Å²) in [5.74, 6) is 0.321. The lowest BCUT2D eigenvalue weighted by Gasteiger charge is -2.32. The minimum atomic E-state index is -0.172. The second-order valence-electron chi connectivity index (χ2n) is 6.55. The van der Waals surface area contributed by atoms with Crippen molar-refractivity contribution in [2.24, 2.45) is 5.92 Å². The first-order valence-electron chi connectivity index (χ1n) is 8.86.